The average Bonchev–Trinajstić information content (AvgIpc) is 2.60. The summed E-state index contributed by atoms with van der Waals surface area (Å²) in [5.74, 6) is 1.86. The molecule has 0 aliphatic heterocycles. The van der Waals surface area contributed by atoms with Crippen LogP contribution in [0.4, 0.5) is 18.9 Å². The van der Waals surface area contributed by atoms with Crippen molar-refractivity contribution < 1.29 is 27.9 Å². The Morgan fingerprint density at radius 1 is 1.12 bits per heavy atom. The Balaban J connectivity index is 2.37. The summed E-state index contributed by atoms with van der Waals surface area (Å²) < 4.78 is 37.5. The predicted molar refractivity (Wildman–Crippen MR) is 89.8 cm³/mol. The number of nitrogens with one attached hydrogen (secondary N) is 1. The van der Waals surface area contributed by atoms with Gasteiger partial charge in [0.1, 0.15) is 0 Å². The van der Waals surface area contributed by atoms with Gasteiger partial charge in [-0.1, -0.05) is 42.2 Å². The highest BCUT2D eigenvalue weighted by Crippen LogP contribution is 2.23. The molecule has 1 unspecified atom stereocenters. The van der Waals surface area contributed by atoms with Crippen molar-refractivity contribution in [1.82, 2.24) is 0 Å². The van der Waals surface area contributed by atoms with E-state index >= 15 is 0 Å². The second-order valence-electron chi connectivity index (χ2n) is 5.42. The van der Waals surface area contributed by atoms with Crippen molar-refractivity contribution >= 4 is 17.6 Å². The minimum atomic E-state index is -5.10. The van der Waals surface area contributed by atoms with Crippen LogP contribution >= 0.6 is 0 Å². The van der Waals surface area contributed by atoms with Crippen molar-refractivity contribution in [3.8, 4) is 11.8 Å². The topological polar surface area (TPSA) is 66.4 Å². The van der Waals surface area contributed by atoms with E-state index in [4.69, 9.17) is 5.11 Å². The van der Waals surface area contributed by atoms with Crippen LogP contribution in [0.5, 0.6) is 0 Å². The number of carboxylic acid groups (broad SMARTS) is 1. The van der Waals surface area contributed by atoms with Gasteiger partial charge in [-0.25, -0.2) is 4.79 Å². The number of benzene rings is 2. The summed E-state index contributed by atoms with van der Waals surface area (Å²) in [6.07, 6.45) is -5.10. The molecule has 0 saturated carbocycles. The van der Waals surface area contributed by atoms with Crippen molar-refractivity contribution in [2.75, 3.05) is 5.32 Å². The zero-order valence-electron chi connectivity index (χ0n) is 13.6. The number of carbonyl (C=O) groups is 2. The highest BCUT2D eigenvalue weighted by atomic mass is 19.4. The van der Waals surface area contributed by atoms with Gasteiger partial charge in [-0.05, 0) is 30.7 Å². The summed E-state index contributed by atoms with van der Waals surface area (Å²) in [7, 11) is 0. The Morgan fingerprint density at radius 3 is 2.35 bits per heavy atom. The van der Waals surface area contributed by atoms with E-state index in [0.29, 0.717) is 0 Å². The van der Waals surface area contributed by atoms with Crippen LogP contribution in [-0.4, -0.2) is 23.2 Å². The minimum absolute atomic E-state index is 0.0929. The van der Waals surface area contributed by atoms with E-state index in [1.54, 1.807) is 5.32 Å². The van der Waals surface area contributed by atoms with Gasteiger partial charge in [-0.2, -0.15) is 13.2 Å². The number of anilines is 1. The molecule has 0 fully saturated rings. The molecule has 0 heterocycles. The standard InChI is InChI=1S/C19H14F3NO3/c1-12(13-5-3-2-4-6-13)7-8-14-9-10-15(17(24)25)11-16(14)23-18(26)19(20,21)22/h2-6,9-12H,1H3,(H,23,26)(H,24,25). The van der Waals surface area contributed by atoms with Crippen LogP contribution in [0.25, 0.3) is 0 Å². The smallest absolute Gasteiger partial charge is 0.471 e. The van der Waals surface area contributed by atoms with Gasteiger partial charge < -0.3 is 10.4 Å². The number of amides is 1. The maximum Gasteiger partial charge on any atom is 0.471 e. The third-order valence-corrected chi connectivity index (χ3v) is 3.50. The molecule has 0 spiro atoms. The fraction of sp³-hybridized carbons (Fsp3) is 0.158. The lowest BCUT2D eigenvalue weighted by Gasteiger charge is -2.11. The Hall–Kier alpha value is -3.27. The lowest BCUT2D eigenvalue weighted by Crippen LogP contribution is -2.30. The fourth-order valence-electron chi connectivity index (χ4n) is 2.09. The van der Waals surface area contributed by atoms with E-state index in [0.717, 1.165) is 11.6 Å². The van der Waals surface area contributed by atoms with Crippen LogP contribution in [0.1, 0.15) is 34.3 Å². The number of halogens is 3. The van der Waals surface area contributed by atoms with Crippen molar-refractivity contribution in [2.45, 2.75) is 19.0 Å². The van der Waals surface area contributed by atoms with Crippen molar-refractivity contribution in [1.29, 1.82) is 0 Å². The van der Waals surface area contributed by atoms with E-state index in [9.17, 15) is 22.8 Å². The zero-order chi connectivity index (χ0) is 19.3. The van der Waals surface area contributed by atoms with Gasteiger partial charge >= 0.3 is 18.1 Å². The van der Waals surface area contributed by atoms with Gasteiger partial charge in [0.25, 0.3) is 0 Å². The highest BCUT2D eigenvalue weighted by Gasteiger charge is 2.39. The Morgan fingerprint density at radius 2 is 1.77 bits per heavy atom. The summed E-state index contributed by atoms with van der Waals surface area (Å²) in [5.41, 5.74) is 0.447. The first kappa shape index (κ1) is 19.1. The number of hydrogen-bond acceptors (Lipinski definition) is 2. The Kier molecular flexibility index (Phi) is 5.68. The molecule has 134 valence electrons. The Labute approximate surface area is 147 Å². The summed E-state index contributed by atoms with van der Waals surface area (Å²) in [6, 6.07) is 12.7. The van der Waals surface area contributed by atoms with Crippen LogP contribution in [0, 0.1) is 11.8 Å². The molecule has 0 radical (unpaired) electrons. The molecular formula is C19H14F3NO3. The molecule has 26 heavy (non-hydrogen) atoms. The van der Waals surface area contributed by atoms with Crippen LogP contribution in [-0.2, 0) is 4.79 Å². The number of carboxylic acids is 1. The monoisotopic (exact) mass is 361 g/mol. The first-order chi connectivity index (χ1) is 12.2. The lowest BCUT2D eigenvalue weighted by molar-refractivity contribution is -0.167. The average molecular weight is 361 g/mol. The van der Waals surface area contributed by atoms with Gasteiger partial charge in [-0.3, -0.25) is 4.79 Å². The quantitative estimate of drug-likeness (QED) is 0.811. The van der Waals surface area contributed by atoms with Crippen LogP contribution < -0.4 is 5.32 Å². The number of aromatic carboxylic acids is 1. The van der Waals surface area contributed by atoms with Crippen molar-refractivity contribution in [3.05, 3.63) is 65.2 Å². The maximum atomic E-state index is 12.5. The Bertz CT molecular complexity index is 880. The number of carbonyl (C=O) groups excluding carboxylic acids is 1. The first-order valence-corrected chi connectivity index (χ1v) is 7.50. The molecule has 2 aromatic rings. The number of rotatable bonds is 3. The van der Waals surface area contributed by atoms with E-state index in [1.807, 2.05) is 37.3 Å². The van der Waals surface area contributed by atoms with Gasteiger partial charge in [0, 0.05) is 11.5 Å². The normalized spacial score (nSPS) is 11.8. The van der Waals surface area contributed by atoms with Crippen molar-refractivity contribution in [2.24, 2.45) is 0 Å². The van der Waals surface area contributed by atoms with Crippen molar-refractivity contribution in [3.63, 3.8) is 0 Å². The SMILES string of the molecule is CC(C#Cc1ccc(C(=O)O)cc1NC(=O)C(F)(F)F)c1ccccc1. The first-order valence-electron chi connectivity index (χ1n) is 7.50. The number of alkyl halides is 3. The van der Waals surface area contributed by atoms with E-state index < -0.39 is 18.1 Å². The molecule has 2 aromatic carbocycles. The molecule has 0 bridgehead atoms. The second kappa shape index (κ2) is 7.74. The van der Waals surface area contributed by atoms with Crippen LogP contribution in [0.2, 0.25) is 0 Å². The third-order valence-electron chi connectivity index (χ3n) is 3.50. The van der Waals surface area contributed by atoms with E-state index in [-0.39, 0.29) is 22.7 Å². The summed E-state index contributed by atoms with van der Waals surface area (Å²) in [6.45, 7) is 1.82. The summed E-state index contributed by atoms with van der Waals surface area (Å²) in [5, 5.41) is 10.7. The molecule has 2 rings (SSSR count). The zero-order valence-corrected chi connectivity index (χ0v) is 13.6. The van der Waals surface area contributed by atoms with E-state index in [2.05, 4.69) is 11.8 Å². The largest absolute Gasteiger partial charge is 0.478 e. The molecule has 7 heteroatoms. The van der Waals surface area contributed by atoms with Crippen LogP contribution in [0.15, 0.2) is 48.5 Å². The predicted octanol–water partition coefficient (Wildman–Crippen LogP) is 4.04. The van der Waals surface area contributed by atoms with Gasteiger partial charge in [0.15, 0.2) is 0 Å². The second-order valence-corrected chi connectivity index (χ2v) is 5.42. The third kappa shape index (κ3) is 4.86. The molecule has 0 saturated heterocycles. The fourth-order valence-corrected chi connectivity index (χ4v) is 2.09. The number of hydrogen-bond donors (Lipinski definition) is 2. The molecule has 2 N–H and O–H groups in total. The van der Waals surface area contributed by atoms with Gasteiger partial charge in [-0.15, -0.1) is 0 Å². The molecule has 1 atom stereocenters. The maximum absolute atomic E-state index is 12.5. The molecular weight excluding hydrogens is 347 g/mol. The van der Waals surface area contributed by atoms with Gasteiger partial charge in [0.2, 0.25) is 0 Å². The van der Waals surface area contributed by atoms with E-state index in [1.165, 1.54) is 12.1 Å². The lowest BCUT2D eigenvalue weighted by atomic mass is 10.0. The molecule has 0 aromatic heterocycles. The summed E-state index contributed by atoms with van der Waals surface area (Å²) in [4.78, 5) is 22.2. The minimum Gasteiger partial charge on any atom is -0.478 e. The highest BCUT2D eigenvalue weighted by molar-refractivity contribution is 5.98. The summed E-state index contributed by atoms with van der Waals surface area (Å²) >= 11 is 0. The van der Waals surface area contributed by atoms with Crippen LogP contribution in [0.3, 0.4) is 0 Å². The molecule has 1 amide bonds. The molecule has 0 aliphatic carbocycles. The molecule has 4 nitrogen and oxygen atoms in total. The van der Waals surface area contributed by atoms with Gasteiger partial charge in [0.05, 0.1) is 11.3 Å². The molecule has 0 aliphatic rings.